The van der Waals surface area contributed by atoms with Gasteiger partial charge in [0.2, 0.25) is 15.4 Å². The van der Waals surface area contributed by atoms with Crippen LogP contribution in [0.1, 0.15) is 26.7 Å². The summed E-state index contributed by atoms with van der Waals surface area (Å²) in [5.74, 6) is -0.399. The molecule has 0 aliphatic carbocycles. The number of carbonyl (C=O) groups is 1. The van der Waals surface area contributed by atoms with Crippen LogP contribution in [-0.4, -0.2) is 41.9 Å². The maximum Gasteiger partial charge on any atom is 0.272 e. The van der Waals surface area contributed by atoms with Crippen LogP contribution < -0.4 is 5.32 Å². The molecule has 0 atom stereocenters. The van der Waals surface area contributed by atoms with E-state index in [-0.39, 0.29) is 21.3 Å². The van der Waals surface area contributed by atoms with Crippen molar-refractivity contribution in [2.45, 2.75) is 31.0 Å². The highest BCUT2D eigenvalue weighted by Crippen LogP contribution is 2.25. The zero-order valence-corrected chi connectivity index (χ0v) is 12.4. The number of aromatic nitrogens is 2. The molecule has 2 heterocycles. The molecule has 1 aliphatic heterocycles. The number of amides is 1. The smallest absolute Gasteiger partial charge is 0.272 e. The van der Waals surface area contributed by atoms with Crippen molar-refractivity contribution in [1.29, 1.82) is 0 Å². The fraction of sp³-hybridized carbons (Fsp3) is 0.700. The highest BCUT2D eigenvalue weighted by atomic mass is 32.2. The van der Waals surface area contributed by atoms with Gasteiger partial charge in [0, 0.05) is 19.0 Å². The van der Waals surface area contributed by atoms with E-state index in [1.54, 1.807) is 13.8 Å². The summed E-state index contributed by atoms with van der Waals surface area (Å²) in [5.41, 5.74) is 0. The van der Waals surface area contributed by atoms with Crippen LogP contribution >= 0.6 is 11.3 Å². The molecule has 2 rings (SSSR count). The standard InChI is InChI=1S/C10H16N4O3S2/c1-7(2)8(15)11-9-12-13-10(18-9)19(16,17)14-5-3-4-6-14/h7H,3-6H2,1-2H3,(H,11,12,15). The third-order valence-electron chi connectivity index (χ3n) is 2.79. The Hall–Kier alpha value is -1.06. The molecule has 1 aliphatic rings. The molecule has 0 bridgehead atoms. The number of nitrogens with one attached hydrogen (secondary N) is 1. The van der Waals surface area contributed by atoms with Gasteiger partial charge in [0.05, 0.1) is 0 Å². The monoisotopic (exact) mass is 304 g/mol. The first-order valence-corrected chi connectivity index (χ1v) is 8.31. The van der Waals surface area contributed by atoms with Crippen LogP contribution in [0.3, 0.4) is 0 Å². The van der Waals surface area contributed by atoms with Crippen LogP contribution in [-0.2, 0) is 14.8 Å². The Morgan fingerprint density at radius 2 is 1.95 bits per heavy atom. The lowest BCUT2D eigenvalue weighted by Crippen LogP contribution is -2.27. The van der Waals surface area contributed by atoms with Crippen molar-refractivity contribution in [3.63, 3.8) is 0 Å². The van der Waals surface area contributed by atoms with Crippen molar-refractivity contribution in [2.75, 3.05) is 18.4 Å². The molecule has 1 N–H and O–H groups in total. The van der Waals surface area contributed by atoms with E-state index in [2.05, 4.69) is 15.5 Å². The zero-order valence-electron chi connectivity index (χ0n) is 10.8. The molecule has 0 aromatic carbocycles. The Bertz CT molecular complexity index is 561. The van der Waals surface area contributed by atoms with E-state index >= 15 is 0 Å². The van der Waals surface area contributed by atoms with Gasteiger partial charge in [0.1, 0.15) is 0 Å². The molecule has 7 nitrogen and oxygen atoms in total. The fourth-order valence-corrected chi connectivity index (χ4v) is 4.21. The van der Waals surface area contributed by atoms with Crippen molar-refractivity contribution in [3.8, 4) is 0 Å². The summed E-state index contributed by atoms with van der Waals surface area (Å²) < 4.78 is 25.7. The van der Waals surface area contributed by atoms with Gasteiger partial charge >= 0.3 is 0 Å². The minimum Gasteiger partial charge on any atom is -0.300 e. The second-order valence-corrected chi connectivity index (χ2v) is 7.72. The van der Waals surface area contributed by atoms with Gasteiger partial charge in [-0.2, -0.15) is 4.31 Å². The molecule has 1 aromatic rings. The summed E-state index contributed by atoms with van der Waals surface area (Å²) >= 11 is 0.889. The van der Waals surface area contributed by atoms with Gasteiger partial charge in [-0.25, -0.2) is 8.42 Å². The average Bonchev–Trinajstić information content (AvgIpc) is 2.99. The second-order valence-electron chi connectivity index (χ2n) is 4.63. The molecule has 0 unspecified atom stereocenters. The highest BCUT2D eigenvalue weighted by molar-refractivity contribution is 7.91. The summed E-state index contributed by atoms with van der Waals surface area (Å²) in [7, 11) is -3.55. The zero-order chi connectivity index (χ0) is 14.0. The van der Waals surface area contributed by atoms with Gasteiger partial charge in [0.25, 0.3) is 10.0 Å². The van der Waals surface area contributed by atoms with E-state index in [0.717, 1.165) is 24.2 Å². The first kappa shape index (κ1) is 14.4. The predicted octanol–water partition coefficient (Wildman–Crippen LogP) is 0.917. The number of hydrogen-bond donors (Lipinski definition) is 1. The minimum atomic E-state index is -3.55. The Balaban J connectivity index is 2.14. The maximum absolute atomic E-state index is 12.2. The van der Waals surface area contributed by atoms with Crippen molar-refractivity contribution >= 4 is 32.4 Å². The number of anilines is 1. The Labute approximate surface area is 116 Å². The molecule has 1 aromatic heterocycles. The van der Waals surface area contributed by atoms with Gasteiger partial charge in [-0.15, -0.1) is 10.2 Å². The minimum absolute atomic E-state index is 0.0616. The number of nitrogens with zero attached hydrogens (tertiary/aromatic N) is 3. The van der Waals surface area contributed by atoms with Crippen LogP contribution in [0.5, 0.6) is 0 Å². The fourth-order valence-electron chi connectivity index (χ4n) is 1.65. The lowest BCUT2D eigenvalue weighted by Gasteiger charge is -2.11. The number of sulfonamides is 1. The molecule has 1 amide bonds. The summed E-state index contributed by atoms with van der Waals surface area (Å²) in [5, 5.41) is 10.1. The van der Waals surface area contributed by atoms with Gasteiger partial charge in [-0.1, -0.05) is 25.2 Å². The summed E-state index contributed by atoms with van der Waals surface area (Å²) in [4.78, 5) is 11.5. The summed E-state index contributed by atoms with van der Waals surface area (Å²) in [6.45, 7) is 4.54. The number of rotatable bonds is 4. The van der Waals surface area contributed by atoms with Crippen LogP contribution in [0.4, 0.5) is 5.13 Å². The normalized spacial score (nSPS) is 17.0. The average molecular weight is 304 g/mol. The molecule has 1 fully saturated rings. The summed E-state index contributed by atoms with van der Waals surface area (Å²) in [6.07, 6.45) is 1.74. The Kier molecular flexibility index (Phi) is 4.16. The van der Waals surface area contributed by atoms with E-state index in [9.17, 15) is 13.2 Å². The SMILES string of the molecule is CC(C)C(=O)Nc1nnc(S(=O)(=O)N2CCCC2)s1. The Morgan fingerprint density at radius 1 is 1.32 bits per heavy atom. The Morgan fingerprint density at radius 3 is 2.53 bits per heavy atom. The lowest BCUT2D eigenvalue weighted by molar-refractivity contribution is -0.118. The van der Waals surface area contributed by atoms with Crippen LogP contribution in [0.2, 0.25) is 0 Å². The molecule has 0 spiro atoms. The van der Waals surface area contributed by atoms with Crippen LogP contribution in [0.25, 0.3) is 0 Å². The van der Waals surface area contributed by atoms with Gasteiger partial charge in [-0.3, -0.25) is 4.79 Å². The van der Waals surface area contributed by atoms with Crippen molar-refractivity contribution in [3.05, 3.63) is 0 Å². The van der Waals surface area contributed by atoms with Crippen molar-refractivity contribution in [2.24, 2.45) is 5.92 Å². The molecular formula is C10H16N4O3S2. The van der Waals surface area contributed by atoms with Gasteiger partial charge < -0.3 is 5.32 Å². The van der Waals surface area contributed by atoms with Crippen molar-refractivity contribution in [1.82, 2.24) is 14.5 Å². The highest BCUT2D eigenvalue weighted by Gasteiger charge is 2.30. The third kappa shape index (κ3) is 3.10. The predicted molar refractivity (Wildman–Crippen MR) is 71.4 cm³/mol. The number of carbonyl (C=O) groups excluding carboxylic acids is 1. The number of hydrogen-bond acceptors (Lipinski definition) is 6. The van der Waals surface area contributed by atoms with E-state index in [1.807, 2.05) is 0 Å². The molecule has 1 saturated heterocycles. The lowest BCUT2D eigenvalue weighted by atomic mass is 10.2. The first-order valence-electron chi connectivity index (χ1n) is 6.06. The molecule has 0 radical (unpaired) electrons. The largest absolute Gasteiger partial charge is 0.300 e. The molecule has 19 heavy (non-hydrogen) atoms. The van der Waals surface area contributed by atoms with Gasteiger partial charge in [0.15, 0.2) is 0 Å². The van der Waals surface area contributed by atoms with E-state index in [1.165, 1.54) is 4.31 Å². The molecule has 106 valence electrons. The van der Waals surface area contributed by atoms with E-state index < -0.39 is 10.0 Å². The van der Waals surface area contributed by atoms with Crippen LogP contribution in [0.15, 0.2) is 4.34 Å². The quantitative estimate of drug-likeness (QED) is 0.835. The summed E-state index contributed by atoms with van der Waals surface area (Å²) in [6, 6.07) is 0. The van der Waals surface area contributed by atoms with E-state index in [0.29, 0.717) is 13.1 Å². The second kappa shape index (κ2) is 5.51. The third-order valence-corrected chi connectivity index (χ3v) is 5.87. The molecular weight excluding hydrogens is 288 g/mol. The van der Waals surface area contributed by atoms with Crippen molar-refractivity contribution < 1.29 is 13.2 Å². The van der Waals surface area contributed by atoms with E-state index in [4.69, 9.17) is 0 Å². The molecule has 0 saturated carbocycles. The topological polar surface area (TPSA) is 92.3 Å². The van der Waals surface area contributed by atoms with Gasteiger partial charge in [-0.05, 0) is 12.8 Å². The maximum atomic E-state index is 12.2. The van der Waals surface area contributed by atoms with Crippen LogP contribution in [0, 0.1) is 5.92 Å². The first-order chi connectivity index (χ1) is 8.91. The molecule has 9 heteroatoms.